The lowest BCUT2D eigenvalue weighted by Gasteiger charge is -2.13. The first-order valence-electron chi connectivity index (χ1n) is 4.21. The van der Waals surface area contributed by atoms with Crippen molar-refractivity contribution in [1.29, 1.82) is 0 Å². The van der Waals surface area contributed by atoms with Gasteiger partial charge in [0.25, 0.3) is 0 Å². The van der Waals surface area contributed by atoms with Crippen molar-refractivity contribution >= 4 is 34.8 Å². The highest BCUT2D eigenvalue weighted by molar-refractivity contribution is 6.32. The van der Waals surface area contributed by atoms with Gasteiger partial charge in [0.15, 0.2) is 0 Å². The summed E-state index contributed by atoms with van der Waals surface area (Å²) in [6.07, 6.45) is 2.35. The molecule has 1 heterocycles. The molecule has 0 amide bonds. The van der Waals surface area contributed by atoms with Crippen LogP contribution in [0.2, 0.25) is 5.02 Å². The van der Waals surface area contributed by atoms with Crippen molar-refractivity contribution in [2.75, 3.05) is 5.88 Å². The Balaban J connectivity index is 2.96. The minimum atomic E-state index is -0.148. The van der Waals surface area contributed by atoms with Crippen LogP contribution in [0.1, 0.15) is 23.7 Å². The van der Waals surface area contributed by atoms with Crippen molar-refractivity contribution in [3.05, 3.63) is 28.5 Å². The van der Waals surface area contributed by atoms with Crippen LogP contribution in [0.15, 0.2) is 12.3 Å². The van der Waals surface area contributed by atoms with Gasteiger partial charge in [-0.1, -0.05) is 11.6 Å². The molecule has 0 saturated heterocycles. The lowest BCUT2D eigenvalue weighted by molar-refractivity contribution is 0.700. The summed E-state index contributed by atoms with van der Waals surface area (Å²) in [5, 5.41) is 0.556. The SMILES string of the molecule is NC(CCCl)c1ccnc(CCl)c1Cl. The number of aromatic nitrogens is 1. The van der Waals surface area contributed by atoms with E-state index in [1.165, 1.54) is 0 Å². The van der Waals surface area contributed by atoms with Crippen molar-refractivity contribution < 1.29 is 0 Å². The molecule has 0 spiro atoms. The maximum absolute atomic E-state index is 6.07. The zero-order valence-electron chi connectivity index (χ0n) is 7.51. The van der Waals surface area contributed by atoms with Gasteiger partial charge in [-0.2, -0.15) is 0 Å². The standard InChI is InChI=1S/C9H11Cl3N2/c10-3-1-7(13)6-2-4-14-8(5-11)9(6)12/h2,4,7H,1,3,5,13H2. The highest BCUT2D eigenvalue weighted by Gasteiger charge is 2.12. The largest absolute Gasteiger partial charge is 0.324 e. The van der Waals surface area contributed by atoms with Gasteiger partial charge in [0.05, 0.1) is 16.6 Å². The highest BCUT2D eigenvalue weighted by Crippen LogP contribution is 2.26. The van der Waals surface area contributed by atoms with E-state index in [2.05, 4.69) is 4.98 Å². The second kappa shape index (κ2) is 5.76. The van der Waals surface area contributed by atoms with Crippen molar-refractivity contribution in [3.8, 4) is 0 Å². The highest BCUT2D eigenvalue weighted by atomic mass is 35.5. The maximum atomic E-state index is 6.07. The van der Waals surface area contributed by atoms with Gasteiger partial charge in [-0.15, -0.1) is 23.2 Å². The fraction of sp³-hybridized carbons (Fsp3) is 0.444. The van der Waals surface area contributed by atoms with E-state index in [0.29, 0.717) is 28.9 Å². The van der Waals surface area contributed by atoms with E-state index in [1.54, 1.807) is 12.3 Å². The minimum absolute atomic E-state index is 0.148. The molecule has 1 unspecified atom stereocenters. The average Bonchev–Trinajstić information content (AvgIpc) is 2.18. The van der Waals surface area contributed by atoms with E-state index in [9.17, 15) is 0 Å². The van der Waals surface area contributed by atoms with E-state index in [4.69, 9.17) is 40.5 Å². The molecule has 1 aromatic heterocycles. The van der Waals surface area contributed by atoms with Crippen LogP contribution >= 0.6 is 34.8 Å². The molecule has 2 N–H and O–H groups in total. The lowest BCUT2D eigenvalue weighted by atomic mass is 10.1. The summed E-state index contributed by atoms with van der Waals surface area (Å²) in [5.41, 5.74) is 7.41. The van der Waals surface area contributed by atoms with Gasteiger partial charge < -0.3 is 5.73 Å². The fourth-order valence-electron chi connectivity index (χ4n) is 1.16. The topological polar surface area (TPSA) is 38.9 Å². The third-order valence-electron chi connectivity index (χ3n) is 1.94. The molecular formula is C9H11Cl3N2. The second-order valence-electron chi connectivity index (χ2n) is 2.88. The smallest absolute Gasteiger partial charge is 0.0740 e. The van der Waals surface area contributed by atoms with Crippen molar-refractivity contribution in [1.82, 2.24) is 4.98 Å². The average molecular weight is 254 g/mol. The van der Waals surface area contributed by atoms with Crippen LogP contribution < -0.4 is 5.73 Å². The van der Waals surface area contributed by atoms with Crippen LogP contribution in [0.25, 0.3) is 0 Å². The Morgan fingerprint density at radius 2 is 2.14 bits per heavy atom. The number of nitrogens with zero attached hydrogens (tertiary/aromatic N) is 1. The van der Waals surface area contributed by atoms with Crippen LogP contribution in [0.5, 0.6) is 0 Å². The number of hydrogen-bond acceptors (Lipinski definition) is 2. The Kier molecular flexibility index (Phi) is 4.96. The molecule has 78 valence electrons. The summed E-state index contributed by atoms with van der Waals surface area (Å²) in [7, 11) is 0. The van der Waals surface area contributed by atoms with E-state index < -0.39 is 0 Å². The first kappa shape index (κ1) is 12.1. The molecule has 0 fully saturated rings. The summed E-state index contributed by atoms with van der Waals surface area (Å²) in [6.45, 7) is 0. The molecule has 0 saturated carbocycles. The van der Waals surface area contributed by atoms with E-state index in [-0.39, 0.29) is 6.04 Å². The summed E-state index contributed by atoms with van der Waals surface area (Å²) < 4.78 is 0. The molecule has 0 aliphatic carbocycles. The summed E-state index contributed by atoms with van der Waals surface area (Å²) in [5.74, 6) is 0.802. The molecule has 1 aromatic rings. The Morgan fingerprint density at radius 3 is 2.71 bits per heavy atom. The van der Waals surface area contributed by atoms with Gasteiger partial charge >= 0.3 is 0 Å². The molecule has 0 aliphatic rings. The van der Waals surface area contributed by atoms with Gasteiger partial charge in [-0.25, -0.2) is 0 Å². The number of rotatable bonds is 4. The normalized spacial score (nSPS) is 12.9. The van der Waals surface area contributed by atoms with Crippen molar-refractivity contribution in [2.24, 2.45) is 5.73 Å². The van der Waals surface area contributed by atoms with Crippen molar-refractivity contribution in [3.63, 3.8) is 0 Å². The molecule has 0 bridgehead atoms. The zero-order valence-corrected chi connectivity index (χ0v) is 9.78. The van der Waals surface area contributed by atoms with Gasteiger partial charge in [0.2, 0.25) is 0 Å². The number of halogens is 3. The molecule has 0 aliphatic heterocycles. The molecule has 2 nitrogen and oxygen atoms in total. The van der Waals surface area contributed by atoms with Gasteiger partial charge in [-0.05, 0) is 18.1 Å². The number of hydrogen-bond donors (Lipinski definition) is 1. The molecule has 0 radical (unpaired) electrons. The molecular weight excluding hydrogens is 242 g/mol. The fourth-order valence-corrected chi connectivity index (χ4v) is 1.98. The molecule has 5 heteroatoms. The third-order valence-corrected chi connectivity index (χ3v) is 2.85. The van der Waals surface area contributed by atoms with Crippen LogP contribution in [0.3, 0.4) is 0 Å². The monoisotopic (exact) mass is 252 g/mol. The Hall–Kier alpha value is -0.0200. The predicted molar refractivity (Wildman–Crippen MR) is 61.1 cm³/mol. The summed E-state index contributed by atoms with van der Waals surface area (Å²) >= 11 is 17.3. The minimum Gasteiger partial charge on any atom is -0.324 e. The van der Waals surface area contributed by atoms with E-state index >= 15 is 0 Å². The molecule has 14 heavy (non-hydrogen) atoms. The lowest BCUT2D eigenvalue weighted by Crippen LogP contribution is -2.12. The number of alkyl halides is 2. The van der Waals surface area contributed by atoms with Crippen LogP contribution in [-0.4, -0.2) is 10.9 Å². The molecule has 1 rings (SSSR count). The number of pyridine rings is 1. The zero-order chi connectivity index (χ0) is 10.6. The summed E-state index contributed by atoms with van der Waals surface area (Å²) in [4.78, 5) is 4.05. The Labute approximate surface area is 98.4 Å². The quantitative estimate of drug-likeness (QED) is 0.838. The first-order valence-corrected chi connectivity index (χ1v) is 5.66. The van der Waals surface area contributed by atoms with Crippen LogP contribution in [-0.2, 0) is 5.88 Å². The third kappa shape index (κ3) is 2.74. The van der Waals surface area contributed by atoms with E-state index in [0.717, 1.165) is 5.56 Å². The number of nitrogens with two attached hydrogens (primary N) is 1. The Bertz CT molecular complexity index is 304. The Morgan fingerprint density at radius 1 is 1.43 bits per heavy atom. The molecule has 1 atom stereocenters. The first-order chi connectivity index (χ1) is 6.70. The van der Waals surface area contributed by atoms with Crippen LogP contribution in [0, 0.1) is 0 Å². The van der Waals surface area contributed by atoms with Gasteiger partial charge in [0.1, 0.15) is 0 Å². The van der Waals surface area contributed by atoms with Crippen LogP contribution in [0.4, 0.5) is 0 Å². The van der Waals surface area contributed by atoms with Crippen molar-refractivity contribution in [2.45, 2.75) is 18.3 Å². The van der Waals surface area contributed by atoms with Gasteiger partial charge in [0, 0.05) is 18.1 Å². The molecule has 0 aromatic carbocycles. The predicted octanol–water partition coefficient (Wildman–Crippen LogP) is 3.10. The summed E-state index contributed by atoms with van der Waals surface area (Å²) in [6, 6.07) is 1.65. The maximum Gasteiger partial charge on any atom is 0.0740 e. The van der Waals surface area contributed by atoms with E-state index in [1.807, 2.05) is 0 Å². The van der Waals surface area contributed by atoms with Gasteiger partial charge in [-0.3, -0.25) is 4.98 Å². The second-order valence-corrected chi connectivity index (χ2v) is 3.90.